The van der Waals surface area contributed by atoms with Crippen LogP contribution in [0.1, 0.15) is 68.8 Å². The van der Waals surface area contributed by atoms with Crippen molar-refractivity contribution in [3.05, 3.63) is 35.4 Å². The van der Waals surface area contributed by atoms with Gasteiger partial charge >= 0.3 is 5.97 Å². The van der Waals surface area contributed by atoms with Gasteiger partial charge in [-0.05, 0) is 42.7 Å². The Hall–Kier alpha value is -1.68. The van der Waals surface area contributed by atoms with Gasteiger partial charge in [-0.15, -0.1) is 0 Å². The van der Waals surface area contributed by atoms with E-state index in [9.17, 15) is 14.7 Å². The van der Waals surface area contributed by atoms with Gasteiger partial charge in [-0.25, -0.2) is 4.79 Å². The third-order valence-electron chi connectivity index (χ3n) is 5.80. The van der Waals surface area contributed by atoms with Gasteiger partial charge in [-0.3, -0.25) is 4.79 Å². The SMILES string of the molecule is COC(=O)c1ccccc1C(C(C)=O)C1(O)C(C)CCCC1(C)C. The standard InChI is InChI=1S/C20H28O4/c1-13-9-8-12-19(3,4)20(13,23)17(14(2)21)15-10-6-7-11-16(15)18(22)24-5/h6-7,10-11,13,17,23H,8-9,12H2,1-5H3. The Bertz CT molecular complexity index is 634. The highest BCUT2D eigenvalue weighted by Gasteiger charge is 2.56. The summed E-state index contributed by atoms with van der Waals surface area (Å²) in [4.78, 5) is 24.8. The van der Waals surface area contributed by atoms with Gasteiger partial charge in [0.05, 0.1) is 24.2 Å². The maximum atomic E-state index is 12.6. The van der Waals surface area contributed by atoms with Crippen molar-refractivity contribution in [2.75, 3.05) is 7.11 Å². The second kappa shape index (κ2) is 6.67. The number of hydrogen-bond acceptors (Lipinski definition) is 4. The number of carbonyl (C=O) groups excluding carboxylic acids is 2. The molecule has 0 amide bonds. The summed E-state index contributed by atoms with van der Waals surface area (Å²) in [5, 5.41) is 11.8. The monoisotopic (exact) mass is 332 g/mol. The number of Topliss-reactive ketones (excluding diaryl/α,β-unsaturated/α-hetero) is 1. The zero-order chi connectivity index (χ0) is 18.1. The van der Waals surface area contributed by atoms with Crippen molar-refractivity contribution in [3.63, 3.8) is 0 Å². The second-order valence-electron chi connectivity index (χ2n) is 7.62. The normalized spacial score (nSPS) is 27.3. The molecule has 2 rings (SSSR count). The summed E-state index contributed by atoms with van der Waals surface area (Å²) >= 11 is 0. The minimum absolute atomic E-state index is 0.0409. The quantitative estimate of drug-likeness (QED) is 0.854. The average molecular weight is 332 g/mol. The molecule has 132 valence electrons. The summed E-state index contributed by atoms with van der Waals surface area (Å²) in [7, 11) is 1.32. The van der Waals surface area contributed by atoms with E-state index >= 15 is 0 Å². The molecular formula is C20H28O4. The fourth-order valence-corrected chi connectivity index (χ4v) is 4.42. The lowest BCUT2D eigenvalue weighted by atomic mass is 9.54. The van der Waals surface area contributed by atoms with Gasteiger partial charge in [0.2, 0.25) is 0 Å². The molecule has 1 aliphatic rings. The van der Waals surface area contributed by atoms with Crippen LogP contribution >= 0.6 is 0 Å². The van der Waals surface area contributed by atoms with Gasteiger partial charge < -0.3 is 9.84 Å². The van der Waals surface area contributed by atoms with E-state index in [1.165, 1.54) is 14.0 Å². The summed E-state index contributed by atoms with van der Waals surface area (Å²) < 4.78 is 4.87. The topological polar surface area (TPSA) is 63.6 Å². The number of esters is 1. The van der Waals surface area contributed by atoms with Crippen LogP contribution < -0.4 is 0 Å². The summed E-state index contributed by atoms with van der Waals surface area (Å²) in [5.41, 5.74) is -0.728. The fraction of sp³-hybridized carbons (Fsp3) is 0.600. The molecule has 1 aromatic rings. The molecule has 1 fully saturated rings. The molecule has 24 heavy (non-hydrogen) atoms. The lowest BCUT2D eigenvalue weighted by molar-refractivity contribution is -0.162. The summed E-state index contributed by atoms with van der Waals surface area (Å²) in [5.74, 6) is -1.41. The van der Waals surface area contributed by atoms with Crippen LogP contribution in [0, 0.1) is 11.3 Å². The lowest BCUT2D eigenvalue weighted by Crippen LogP contribution is -2.58. The van der Waals surface area contributed by atoms with Crippen LogP contribution in [0.25, 0.3) is 0 Å². The molecular weight excluding hydrogens is 304 g/mol. The second-order valence-corrected chi connectivity index (χ2v) is 7.62. The smallest absolute Gasteiger partial charge is 0.338 e. The highest BCUT2D eigenvalue weighted by atomic mass is 16.5. The fourth-order valence-electron chi connectivity index (χ4n) is 4.42. The molecule has 0 spiro atoms. The van der Waals surface area contributed by atoms with Gasteiger partial charge in [0.25, 0.3) is 0 Å². The molecule has 0 heterocycles. The van der Waals surface area contributed by atoms with Crippen molar-refractivity contribution in [2.24, 2.45) is 11.3 Å². The molecule has 0 aromatic heterocycles. The van der Waals surface area contributed by atoms with Crippen LogP contribution in [-0.4, -0.2) is 29.6 Å². The first-order valence-electron chi connectivity index (χ1n) is 8.57. The maximum absolute atomic E-state index is 12.6. The first-order chi connectivity index (χ1) is 11.2. The number of ether oxygens (including phenoxy) is 1. The van der Waals surface area contributed by atoms with E-state index in [-0.39, 0.29) is 11.7 Å². The predicted molar refractivity (Wildman–Crippen MR) is 92.9 cm³/mol. The Morgan fingerprint density at radius 2 is 1.92 bits per heavy atom. The van der Waals surface area contributed by atoms with Crippen LogP contribution in [0.3, 0.4) is 0 Å². The predicted octanol–water partition coefficient (Wildman–Crippen LogP) is 3.72. The van der Waals surface area contributed by atoms with Crippen LogP contribution in [0.4, 0.5) is 0 Å². The number of carbonyl (C=O) groups is 2. The average Bonchev–Trinajstić information content (AvgIpc) is 2.52. The van der Waals surface area contributed by atoms with Crippen molar-refractivity contribution in [1.29, 1.82) is 0 Å². The van der Waals surface area contributed by atoms with Crippen molar-refractivity contribution in [2.45, 2.75) is 58.5 Å². The molecule has 4 nitrogen and oxygen atoms in total. The minimum Gasteiger partial charge on any atom is -0.465 e. The van der Waals surface area contributed by atoms with Crippen LogP contribution in [0.15, 0.2) is 24.3 Å². The Morgan fingerprint density at radius 1 is 1.29 bits per heavy atom. The van der Waals surface area contributed by atoms with Crippen molar-refractivity contribution in [3.8, 4) is 0 Å². The minimum atomic E-state index is -1.21. The van der Waals surface area contributed by atoms with Gasteiger partial charge in [0.1, 0.15) is 5.78 Å². The molecule has 3 unspecified atom stereocenters. The largest absolute Gasteiger partial charge is 0.465 e. The van der Waals surface area contributed by atoms with E-state index in [1.807, 2.05) is 20.8 Å². The molecule has 0 aliphatic heterocycles. The van der Waals surface area contributed by atoms with Crippen molar-refractivity contribution < 1.29 is 19.4 Å². The van der Waals surface area contributed by atoms with E-state index in [2.05, 4.69) is 0 Å². The maximum Gasteiger partial charge on any atom is 0.338 e. The Balaban J connectivity index is 2.67. The van der Waals surface area contributed by atoms with E-state index in [1.54, 1.807) is 24.3 Å². The highest BCUT2D eigenvalue weighted by Crippen LogP contribution is 2.54. The highest BCUT2D eigenvalue weighted by molar-refractivity contribution is 5.95. The van der Waals surface area contributed by atoms with E-state index in [0.717, 1.165) is 19.3 Å². The molecule has 4 heteroatoms. The lowest BCUT2D eigenvalue weighted by Gasteiger charge is -2.54. The number of ketones is 1. The molecule has 0 bridgehead atoms. The van der Waals surface area contributed by atoms with Crippen LogP contribution in [0.2, 0.25) is 0 Å². The van der Waals surface area contributed by atoms with E-state index in [4.69, 9.17) is 4.74 Å². The summed E-state index contributed by atoms with van der Waals surface area (Å²) in [6.45, 7) is 7.52. The Kier molecular flexibility index (Phi) is 5.19. The Labute approximate surface area is 144 Å². The van der Waals surface area contributed by atoms with E-state index < -0.39 is 22.9 Å². The number of hydrogen-bond donors (Lipinski definition) is 1. The third kappa shape index (κ3) is 2.88. The number of benzene rings is 1. The van der Waals surface area contributed by atoms with Crippen LogP contribution in [-0.2, 0) is 9.53 Å². The first kappa shape index (κ1) is 18.7. The van der Waals surface area contributed by atoms with Gasteiger partial charge in [-0.1, -0.05) is 45.4 Å². The van der Waals surface area contributed by atoms with Crippen LogP contribution in [0.5, 0.6) is 0 Å². The molecule has 3 atom stereocenters. The molecule has 1 N–H and O–H groups in total. The molecule has 1 aliphatic carbocycles. The van der Waals surface area contributed by atoms with Crippen molar-refractivity contribution >= 4 is 11.8 Å². The first-order valence-corrected chi connectivity index (χ1v) is 8.57. The van der Waals surface area contributed by atoms with E-state index in [0.29, 0.717) is 11.1 Å². The van der Waals surface area contributed by atoms with Gasteiger partial charge in [0, 0.05) is 0 Å². The number of rotatable bonds is 4. The zero-order valence-electron chi connectivity index (χ0n) is 15.3. The molecule has 0 radical (unpaired) electrons. The zero-order valence-corrected chi connectivity index (χ0v) is 15.3. The number of methoxy groups -OCH3 is 1. The number of aliphatic hydroxyl groups is 1. The summed E-state index contributed by atoms with van der Waals surface area (Å²) in [6, 6.07) is 6.95. The van der Waals surface area contributed by atoms with Gasteiger partial charge in [0.15, 0.2) is 0 Å². The van der Waals surface area contributed by atoms with Crippen molar-refractivity contribution in [1.82, 2.24) is 0 Å². The molecule has 1 aromatic carbocycles. The van der Waals surface area contributed by atoms with Gasteiger partial charge in [-0.2, -0.15) is 0 Å². The Morgan fingerprint density at radius 3 is 2.46 bits per heavy atom. The third-order valence-corrected chi connectivity index (χ3v) is 5.80. The summed E-state index contributed by atoms with van der Waals surface area (Å²) in [6.07, 6.45) is 2.74. The molecule has 1 saturated carbocycles. The molecule has 0 saturated heterocycles.